The van der Waals surface area contributed by atoms with Crippen LogP contribution in [0, 0.1) is 11.3 Å². The van der Waals surface area contributed by atoms with Crippen molar-refractivity contribution < 1.29 is 25.9 Å². The van der Waals surface area contributed by atoms with Crippen LogP contribution in [0.4, 0.5) is 0 Å². The van der Waals surface area contributed by atoms with E-state index < -0.39 is 25.1 Å². The van der Waals surface area contributed by atoms with Gasteiger partial charge in [-0.15, -0.1) is 0 Å². The van der Waals surface area contributed by atoms with E-state index in [9.17, 15) is 25.9 Å². The van der Waals surface area contributed by atoms with Crippen molar-refractivity contribution in [2.45, 2.75) is 9.79 Å². The molecule has 24 heavy (non-hydrogen) atoms. The molecule has 0 bridgehead atoms. The van der Waals surface area contributed by atoms with E-state index in [0.717, 1.165) is 0 Å². The number of nitrogens with zero attached hydrogens (tertiary/aromatic N) is 1. The zero-order chi connectivity index (χ0) is 18.0. The van der Waals surface area contributed by atoms with Crippen LogP contribution in [0.15, 0.2) is 52.3 Å². The Kier molecular flexibility index (Phi) is 4.86. The Morgan fingerprint density at radius 3 is 2.00 bits per heavy atom. The lowest BCUT2D eigenvalue weighted by molar-refractivity contribution is 0.480. The molecule has 0 aliphatic carbocycles. The average molecular weight is 365 g/mol. The lowest BCUT2D eigenvalue weighted by Gasteiger charge is -2.06. The maximum atomic E-state index is 11.5. The minimum atomic E-state index is -4.66. The zero-order valence-corrected chi connectivity index (χ0v) is 13.6. The SMILES string of the molecule is N#Cc1cccc(C=Cc2ccccc2S(=O)(=O)O)c1S(=O)(=O)O. The number of nitriles is 1. The fourth-order valence-corrected chi connectivity index (χ4v) is 3.60. The second kappa shape index (κ2) is 6.54. The third-order valence-corrected chi connectivity index (χ3v) is 4.96. The molecule has 0 aliphatic heterocycles. The molecular formula is C15H11NO6S2. The van der Waals surface area contributed by atoms with Crippen LogP contribution in [0.5, 0.6) is 0 Å². The second-order valence-corrected chi connectivity index (χ2v) is 7.41. The second-order valence-electron chi connectivity index (χ2n) is 4.66. The minimum absolute atomic E-state index is 0.00157. The molecule has 0 unspecified atom stereocenters. The van der Waals surface area contributed by atoms with Crippen LogP contribution >= 0.6 is 0 Å². The maximum absolute atomic E-state index is 11.5. The highest BCUT2D eigenvalue weighted by atomic mass is 32.2. The monoisotopic (exact) mass is 365 g/mol. The fraction of sp³-hybridized carbons (Fsp3) is 0. The summed E-state index contributed by atoms with van der Waals surface area (Å²) in [4.78, 5) is -0.931. The van der Waals surface area contributed by atoms with Gasteiger partial charge in [0.2, 0.25) is 0 Å². The average Bonchev–Trinajstić information content (AvgIpc) is 2.50. The molecule has 0 aromatic heterocycles. The molecule has 0 spiro atoms. The van der Waals surface area contributed by atoms with Gasteiger partial charge in [-0.25, -0.2) is 0 Å². The minimum Gasteiger partial charge on any atom is -0.282 e. The van der Waals surface area contributed by atoms with Crippen LogP contribution in [0.1, 0.15) is 16.7 Å². The van der Waals surface area contributed by atoms with Crippen molar-refractivity contribution in [1.82, 2.24) is 0 Å². The molecule has 2 N–H and O–H groups in total. The van der Waals surface area contributed by atoms with Crippen LogP contribution in [-0.2, 0) is 20.2 Å². The lowest BCUT2D eigenvalue weighted by atomic mass is 10.1. The van der Waals surface area contributed by atoms with Crippen LogP contribution in [0.25, 0.3) is 12.2 Å². The quantitative estimate of drug-likeness (QED) is 0.627. The van der Waals surface area contributed by atoms with E-state index in [1.54, 1.807) is 6.07 Å². The Morgan fingerprint density at radius 1 is 0.833 bits per heavy atom. The molecule has 0 saturated carbocycles. The van der Waals surface area contributed by atoms with Gasteiger partial charge >= 0.3 is 0 Å². The molecule has 7 nitrogen and oxygen atoms in total. The van der Waals surface area contributed by atoms with Gasteiger partial charge in [0, 0.05) is 0 Å². The highest BCUT2D eigenvalue weighted by molar-refractivity contribution is 7.86. The first-order chi connectivity index (χ1) is 11.1. The van der Waals surface area contributed by atoms with Crippen LogP contribution in [0.3, 0.4) is 0 Å². The predicted molar refractivity (Wildman–Crippen MR) is 86.2 cm³/mol. The normalized spacial score (nSPS) is 12.2. The van der Waals surface area contributed by atoms with Gasteiger partial charge < -0.3 is 0 Å². The van der Waals surface area contributed by atoms with Crippen LogP contribution in [0.2, 0.25) is 0 Å². The van der Waals surface area contributed by atoms with Crippen molar-refractivity contribution in [3.63, 3.8) is 0 Å². The van der Waals surface area contributed by atoms with E-state index in [0.29, 0.717) is 0 Å². The van der Waals surface area contributed by atoms with E-state index in [2.05, 4.69) is 0 Å². The maximum Gasteiger partial charge on any atom is 0.296 e. The highest BCUT2D eigenvalue weighted by Crippen LogP contribution is 2.24. The number of hydrogen-bond donors (Lipinski definition) is 2. The summed E-state index contributed by atoms with van der Waals surface area (Å²) in [7, 11) is -9.12. The van der Waals surface area contributed by atoms with E-state index in [1.165, 1.54) is 54.6 Å². The zero-order valence-electron chi connectivity index (χ0n) is 12.0. The summed E-state index contributed by atoms with van der Waals surface area (Å²) < 4.78 is 64.2. The summed E-state index contributed by atoms with van der Waals surface area (Å²) in [5.74, 6) is 0. The molecule has 0 heterocycles. The Labute approximate surface area is 139 Å². The molecule has 0 saturated heterocycles. The van der Waals surface area contributed by atoms with Crippen LogP contribution in [-0.4, -0.2) is 25.9 Å². The molecule has 9 heteroatoms. The molecule has 124 valence electrons. The molecule has 2 aromatic carbocycles. The number of hydrogen-bond acceptors (Lipinski definition) is 5. The Bertz CT molecular complexity index is 1060. The summed E-state index contributed by atoms with van der Waals surface area (Å²) in [6.07, 6.45) is 2.49. The van der Waals surface area contributed by atoms with Gasteiger partial charge in [0.25, 0.3) is 20.2 Å². The molecule has 0 fully saturated rings. The summed E-state index contributed by atoms with van der Waals surface area (Å²) in [5.41, 5.74) is -0.131. The molecule has 0 atom stereocenters. The molecule has 2 rings (SSSR count). The Balaban J connectivity index is 2.63. The smallest absolute Gasteiger partial charge is 0.282 e. The predicted octanol–water partition coefficient (Wildman–Crippen LogP) is 2.22. The summed E-state index contributed by atoms with van der Waals surface area (Å²) in [6, 6.07) is 11.2. The van der Waals surface area contributed by atoms with Crippen molar-refractivity contribution in [3.05, 3.63) is 59.2 Å². The third kappa shape index (κ3) is 3.87. The van der Waals surface area contributed by atoms with Crippen molar-refractivity contribution in [2.75, 3.05) is 0 Å². The highest BCUT2D eigenvalue weighted by Gasteiger charge is 2.19. The largest absolute Gasteiger partial charge is 0.296 e. The number of rotatable bonds is 4. The van der Waals surface area contributed by atoms with Gasteiger partial charge in [-0.3, -0.25) is 9.11 Å². The Hall–Kier alpha value is -2.51. The van der Waals surface area contributed by atoms with E-state index in [-0.39, 0.29) is 21.6 Å². The first-order valence-corrected chi connectivity index (χ1v) is 9.28. The van der Waals surface area contributed by atoms with Crippen molar-refractivity contribution in [2.24, 2.45) is 0 Å². The summed E-state index contributed by atoms with van der Waals surface area (Å²) >= 11 is 0. The van der Waals surface area contributed by atoms with E-state index >= 15 is 0 Å². The van der Waals surface area contributed by atoms with E-state index in [4.69, 9.17) is 5.26 Å². The van der Waals surface area contributed by atoms with Gasteiger partial charge in [0.1, 0.15) is 15.9 Å². The molecule has 0 amide bonds. The van der Waals surface area contributed by atoms with E-state index in [1.807, 2.05) is 0 Å². The van der Waals surface area contributed by atoms with Gasteiger partial charge in [0.15, 0.2) is 0 Å². The standard InChI is InChI=1S/C15H11NO6S2/c16-10-13-6-3-5-12(15(13)24(20,21)22)9-8-11-4-1-2-7-14(11)23(17,18)19/h1-9H,(H,17,18,19)(H,20,21,22). The molecule has 0 aliphatic rings. The number of benzene rings is 2. The first kappa shape index (κ1) is 17.8. The summed E-state index contributed by atoms with van der Waals surface area (Å²) in [5, 5.41) is 8.98. The van der Waals surface area contributed by atoms with Crippen molar-refractivity contribution in [1.29, 1.82) is 5.26 Å². The molecule has 0 radical (unpaired) electrons. The Morgan fingerprint density at radius 2 is 1.42 bits per heavy atom. The topological polar surface area (TPSA) is 133 Å². The van der Waals surface area contributed by atoms with Gasteiger partial charge in [0.05, 0.1) is 5.56 Å². The van der Waals surface area contributed by atoms with Crippen molar-refractivity contribution in [3.8, 4) is 6.07 Å². The van der Waals surface area contributed by atoms with Gasteiger partial charge in [-0.1, -0.05) is 42.5 Å². The van der Waals surface area contributed by atoms with Crippen molar-refractivity contribution >= 4 is 32.4 Å². The molecular weight excluding hydrogens is 354 g/mol. The van der Waals surface area contributed by atoms with Gasteiger partial charge in [-0.2, -0.15) is 22.1 Å². The third-order valence-electron chi connectivity index (χ3n) is 3.06. The fourth-order valence-electron chi connectivity index (χ4n) is 2.09. The van der Waals surface area contributed by atoms with Gasteiger partial charge in [-0.05, 0) is 23.3 Å². The summed E-state index contributed by atoms with van der Waals surface area (Å²) in [6.45, 7) is 0. The first-order valence-electron chi connectivity index (χ1n) is 6.40. The molecule has 2 aromatic rings. The lowest BCUT2D eigenvalue weighted by Crippen LogP contribution is -2.04. The van der Waals surface area contributed by atoms with Crippen LogP contribution < -0.4 is 0 Å².